The normalized spacial score (nSPS) is 18.1. The summed E-state index contributed by atoms with van der Waals surface area (Å²) < 4.78 is 5.25. The summed E-state index contributed by atoms with van der Waals surface area (Å²) in [7, 11) is 1.63. The van der Waals surface area contributed by atoms with Crippen molar-refractivity contribution in [2.24, 2.45) is 5.92 Å². The summed E-state index contributed by atoms with van der Waals surface area (Å²) in [5.74, 6) is -0.507. The van der Waals surface area contributed by atoms with Crippen molar-refractivity contribution in [2.75, 3.05) is 26.7 Å². The van der Waals surface area contributed by atoms with Crippen molar-refractivity contribution in [1.29, 1.82) is 0 Å². The molecule has 1 fully saturated rings. The SMILES string of the molecule is COc1cccc(C(C)(C)CNC(=O)N2CCCC(C(=O)O)C2)c1. The quantitative estimate of drug-likeness (QED) is 0.867. The van der Waals surface area contributed by atoms with Gasteiger partial charge in [-0.2, -0.15) is 0 Å². The molecule has 2 rings (SSSR count). The number of piperidine rings is 1. The lowest BCUT2D eigenvalue weighted by atomic mass is 9.84. The number of hydrogen-bond acceptors (Lipinski definition) is 3. The van der Waals surface area contributed by atoms with E-state index in [1.54, 1.807) is 12.0 Å². The topological polar surface area (TPSA) is 78.9 Å². The number of rotatable bonds is 5. The predicted molar refractivity (Wildman–Crippen MR) is 91.4 cm³/mol. The standard InChI is InChI=1S/C18H26N2O4/c1-18(2,14-7-4-8-15(10-14)24-3)12-19-17(23)20-9-5-6-13(11-20)16(21)22/h4,7-8,10,13H,5-6,9,11-12H2,1-3H3,(H,19,23)(H,21,22). The molecule has 6 nitrogen and oxygen atoms in total. The zero-order chi connectivity index (χ0) is 17.7. The molecule has 0 aliphatic carbocycles. The van der Waals surface area contributed by atoms with Crippen LogP contribution < -0.4 is 10.1 Å². The summed E-state index contributed by atoms with van der Waals surface area (Å²) in [6.45, 7) is 5.46. The molecule has 0 bridgehead atoms. The number of carbonyl (C=O) groups is 2. The predicted octanol–water partition coefficient (Wildman–Crippen LogP) is 2.48. The van der Waals surface area contributed by atoms with Crippen molar-refractivity contribution < 1.29 is 19.4 Å². The number of carbonyl (C=O) groups excluding carboxylic acids is 1. The smallest absolute Gasteiger partial charge is 0.317 e. The zero-order valence-corrected chi connectivity index (χ0v) is 14.5. The van der Waals surface area contributed by atoms with Gasteiger partial charge in [0.2, 0.25) is 0 Å². The highest BCUT2D eigenvalue weighted by Crippen LogP contribution is 2.26. The fourth-order valence-electron chi connectivity index (χ4n) is 2.92. The van der Waals surface area contributed by atoms with Crippen molar-refractivity contribution in [1.82, 2.24) is 10.2 Å². The van der Waals surface area contributed by atoms with E-state index in [9.17, 15) is 9.59 Å². The number of nitrogens with one attached hydrogen (secondary N) is 1. The monoisotopic (exact) mass is 334 g/mol. The molecule has 1 saturated heterocycles. The van der Waals surface area contributed by atoms with Crippen molar-refractivity contribution >= 4 is 12.0 Å². The third-order valence-corrected chi connectivity index (χ3v) is 4.59. The number of carboxylic acids is 1. The van der Waals surface area contributed by atoms with E-state index < -0.39 is 11.9 Å². The van der Waals surface area contributed by atoms with Crippen LogP contribution in [0.1, 0.15) is 32.3 Å². The van der Waals surface area contributed by atoms with Crippen molar-refractivity contribution in [2.45, 2.75) is 32.1 Å². The number of methoxy groups -OCH3 is 1. The fraction of sp³-hybridized carbons (Fsp3) is 0.556. The van der Waals surface area contributed by atoms with E-state index in [0.717, 1.165) is 17.7 Å². The van der Waals surface area contributed by atoms with E-state index in [2.05, 4.69) is 19.2 Å². The second-order valence-electron chi connectivity index (χ2n) is 6.90. The molecule has 1 aromatic rings. The second kappa shape index (κ2) is 7.55. The minimum atomic E-state index is -0.829. The Kier molecular flexibility index (Phi) is 5.70. The number of hydrogen-bond donors (Lipinski definition) is 2. The highest BCUT2D eigenvalue weighted by atomic mass is 16.5. The lowest BCUT2D eigenvalue weighted by molar-refractivity contribution is -0.143. The lowest BCUT2D eigenvalue weighted by Gasteiger charge is -2.32. The number of aliphatic carboxylic acids is 1. The number of benzene rings is 1. The minimum absolute atomic E-state index is 0.197. The molecule has 1 heterocycles. The Morgan fingerprint density at radius 2 is 2.17 bits per heavy atom. The molecule has 6 heteroatoms. The molecule has 2 N–H and O–H groups in total. The summed E-state index contributed by atoms with van der Waals surface area (Å²) in [6.07, 6.45) is 1.36. The van der Waals surface area contributed by atoms with Crippen molar-refractivity contribution in [3.8, 4) is 5.75 Å². The van der Waals surface area contributed by atoms with Crippen LogP contribution in [-0.2, 0) is 10.2 Å². The molecule has 1 aromatic carbocycles. The number of likely N-dealkylation sites (tertiary alicyclic amines) is 1. The van der Waals surface area contributed by atoms with E-state index in [-0.39, 0.29) is 18.0 Å². The summed E-state index contributed by atoms with van der Waals surface area (Å²) >= 11 is 0. The first-order chi connectivity index (χ1) is 11.3. The Morgan fingerprint density at radius 1 is 1.42 bits per heavy atom. The van der Waals surface area contributed by atoms with Crippen LogP contribution in [0.25, 0.3) is 0 Å². The molecule has 2 amide bonds. The van der Waals surface area contributed by atoms with Gasteiger partial charge in [-0.15, -0.1) is 0 Å². The highest BCUT2D eigenvalue weighted by molar-refractivity contribution is 5.76. The average molecular weight is 334 g/mol. The van der Waals surface area contributed by atoms with Crippen LogP contribution in [-0.4, -0.2) is 48.8 Å². The van der Waals surface area contributed by atoms with Crippen LogP contribution >= 0.6 is 0 Å². The molecule has 1 aliphatic rings. The number of carboxylic acid groups (broad SMARTS) is 1. The molecule has 1 unspecified atom stereocenters. The number of ether oxygens (including phenoxy) is 1. The maximum absolute atomic E-state index is 12.4. The van der Waals surface area contributed by atoms with Crippen LogP contribution in [0, 0.1) is 5.92 Å². The van der Waals surface area contributed by atoms with Gasteiger partial charge in [0.05, 0.1) is 13.0 Å². The Bertz CT molecular complexity index is 600. The van der Waals surface area contributed by atoms with Crippen LogP contribution in [0.2, 0.25) is 0 Å². The van der Waals surface area contributed by atoms with Gasteiger partial charge in [0.25, 0.3) is 0 Å². The van der Waals surface area contributed by atoms with Gasteiger partial charge < -0.3 is 20.1 Å². The minimum Gasteiger partial charge on any atom is -0.497 e. The maximum atomic E-state index is 12.4. The molecular formula is C18H26N2O4. The third kappa shape index (κ3) is 4.40. The van der Waals surface area contributed by atoms with Crippen LogP contribution in [0.5, 0.6) is 5.75 Å². The number of amides is 2. The molecule has 1 atom stereocenters. The Morgan fingerprint density at radius 3 is 2.83 bits per heavy atom. The lowest BCUT2D eigenvalue weighted by Crippen LogP contribution is -2.49. The molecule has 0 spiro atoms. The van der Waals surface area contributed by atoms with Gasteiger partial charge in [-0.1, -0.05) is 26.0 Å². The van der Waals surface area contributed by atoms with E-state index in [0.29, 0.717) is 19.5 Å². The summed E-state index contributed by atoms with van der Waals surface area (Å²) in [5.41, 5.74) is 0.816. The van der Waals surface area contributed by atoms with Gasteiger partial charge in [-0.05, 0) is 30.5 Å². The Labute approximate surface area is 142 Å². The van der Waals surface area contributed by atoms with Gasteiger partial charge in [0, 0.05) is 25.0 Å². The highest BCUT2D eigenvalue weighted by Gasteiger charge is 2.29. The van der Waals surface area contributed by atoms with E-state index in [1.807, 2.05) is 24.3 Å². The molecule has 0 aromatic heterocycles. The third-order valence-electron chi connectivity index (χ3n) is 4.59. The van der Waals surface area contributed by atoms with Gasteiger partial charge in [-0.3, -0.25) is 4.79 Å². The number of nitrogens with zero attached hydrogens (tertiary/aromatic N) is 1. The zero-order valence-electron chi connectivity index (χ0n) is 14.5. The van der Waals surface area contributed by atoms with Gasteiger partial charge in [-0.25, -0.2) is 4.79 Å². The molecule has 0 saturated carbocycles. The van der Waals surface area contributed by atoms with Crippen molar-refractivity contribution in [3.63, 3.8) is 0 Å². The van der Waals surface area contributed by atoms with Crippen LogP contribution in [0.4, 0.5) is 4.79 Å². The molecule has 24 heavy (non-hydrogen) atoms. The van der Waals surface area contributed by atoms with Crippen LogP contribution in [0.15, 0.2) is 24.3 Å². The Hall–Kier alpha value is -2.24. The molecular weight excluding hydrogens is 308 g/mol. The maximum Gasteiger partial charge on any atom is 0.317 e. The first kappa shape index (κ1) is 18.1. The van der Waals surface area contributed by atoms with Crippen molar-refractivity contribution in [3.05, 3.63) is 29.8 Å². The van der Waals surface area contributed by atoms with Crippen LogP contribution in [0.3, 0.4) is 0 Å². The molecule has 0 radical (unpaired) electrons. The van der Waals surface area contributed by atoms with E-state index >= 15 is 0 Å². The molecule has 132 valence electrons. The summed E-state index contributed by atoms with van der Waals surface area (Å²) in [6, 6.07) is 7.60. The van der Waals surface area contributed by atoms with Gasteiger partial charge in [0.1, 0.15) is 5.75 Å². The average Bonchev–Trinajstić information content (AvgIpc) is 2.59. The number of urea groups is 1. The van der Waals surface area contributed by atoms with Gasteiger partial charge >= 0.3 is 12.0 Å². The van der Waals surface area contributed by atoms with E-state index in [1.165, 1.54) is 0 Å². The fourth-order valence-corrected chi connectivity index (χ4v) is 2.92. The summed E-state index contributed by atoms with van der Waals surface area (Å²) in [5, 5.41) is 12.1. The molecule has 1 aliphatic heterocycles. The largest absolute Gasteiger partial charge is 0.497 e. The van der Waals surface area contributed by atoms with Gasteiger partial charge in [0.15, 0.2) is 0 Å². The second-order valence-corrected chi connectivity index (χ2v) is 6.90. The first-order valence-corrected chi connectivity index (χ1v) is 8.23. The Balaban J connectivity index is 1.95. The summed E-state index contributed by atoms with van der Waals surface area (Å²) in [4.78, 5) is 25.1. The van der Waals surface area contributed by atoms with E-state index in [4.69, 9.17) is 9.84 Å². The first-order valence-electron chi connectivity index (χ1n) is 8.23.